The van der Waals surface area contributed by atoms with E-state index >= 15 is 0 Å². The lowest BCUT2D eigenvalue weighted by Gasteiger charge is -2.22. The summed E-state index contributed by atoms with van der Waals surface area (Å²) in [6.45, 7) is 11.3. The van der Waals surface area contributed by atoms with Crippen molar-refractivity contribution in [3.63, 3.8) is 0 Å². The van der Waals surface area contributed by atoms with E-state index in [2.05, 4.69) is 49.1 Å². The molecular formula is C26H29N5OS. The summed E-state index contributed by atoms with van der Waals surface area (Å²) in [6.07, 6.45) is 0.926. The summed E-state index contributed by atoms with van der Waals surface area (Å²) in [4.78, 5) is 22.5. The minimum absolute atomic E-state index is 0.129. The Kier molecular flexibility index (Phi) is 5.66. The summed E-state index contributed by atoms with van der Waals surface area (Å²) in [7, 11) is 0. The summed E-state index contributed by atoms with van der Waals surface area (Å²) in [5, 5.41) is 5.74. The highest BCUT2D eigenvalue weighted by Gasteiger charge is 2.24. The van der Waals surface area contributed by atoms with Crippen molar-refractivity contribution >= 4 is 32.7 Å². The number of nitrogens with zero attached hydrogens (tertiary/aromatic N) is 5. The Morgan fingerprint density at radius 1 is 0.909 bits per heavy atom. The lowest BCUT2D eigenvalue weighted by Crippen LogP contribution is -2.35. The van der Waals surface area contributed by atoms with Gasteiger partial charge in [-0.3, -0.25) is 4.79 Å². The highest BCUT2D eigenvalue weighted by Crippen LogP contribution is 2.33. The Balaban J connectivity index is 1.37. The van der Waals surface area contributed by atoms with Crippen LogP contribution in [0.15, 0.2) is 42.5 Å². The molecule has 2 aromatic heterocycles. The maximum absolute atomic E-state index is 13.2. The van der Waals surface area contributed by atoms with E-state index in [9.17, 15) is 4.79 Å². The van der Waals surface area contributed by atoms with Crippen LogP contribution in [0.1, 0.15) is 39.2 Å². The first-order valence-corrected chi connectivity index (χ1v) is 12.3. The van der Waals surface area contributed by atoms with Crippen molar-refractivity contribution in [3.8, 4) is 5.69 Å². The van der Waals surface area contributed by atoms with Gasteiger partial charge in [-0.25, -0.2) is 4.68 Å². The summed E-state index contributed by atoms with van der Waals surface area (Å²) in [5.41, 5.74) is 7.19. The zero-order valence-electron chi connectivity index (χ0n) is 19.6. The van der Waals surface area contributed by atoms with Crippen molar-refractivity contribution in [1.82, 2.24) is 19.7 Å². The molecule has 0 N–H and O–H groups in total. The molecule has 4 aromatic rings. The zero-order chi connectivity index (χ0) is 23.1. The smallest absolute Gasteiger partial charge is 0.254 e. The number of carbonyl (C=O) groups excluding carboxylic acids is 1. The molecule has 1 fully saturated rings. The van der Waals surface area contributed by atoms with Crippen molar-refractivity contribution in [3.05, 3.63) is 70.4 Å². The van der Waals surface area contributed by atoms with E-state index in [1.54, 1.807) is 11.3 Å². The van der Waals surface area contributed by atoms with Gasteiger partial charge >= 0.3 is 0 Å². The van der Waals surface area contributed by atoms with E-state index in [0.29, 0.717) is 6.54 Å². The molecule has 5 rings (SSSR count). The summed E-state index contributed by atoms with van der Waals surface area (Å²) >= 11 is 1.70. The number of hydrogen-bond acceptors (Lipinski definition) is 5. The number of aryl methyl sites for hydroxylation is 4. The number of carbonyl (C=O) groups is 1. The molecule has 170 valence electrons. The molecule has 0 spiro atoms. The van der Waals surface area contributed by atoms with Crippen LogP contribution in [0.5, 0.6) is 0 Å². The van der Waals surface area contributed by atoms with Crippen molar-refractivity contribution in [2.75, 3.05) is 31.1 Å². The van der Waals surface area contributed by atoms with Gasteiger partial charge in [-0.2, -0.15) is 10.1 Å². The van der Waals surface area contributed by atoms with E-state index in [1.807, 2.05) is 35.6 Å². The summed E-state index contributed by atoms with van der Waals surface area (Å²) in [6, 6.07) is 14.4. The number of anilines is 1. The average molecular weight is 460 g/mol. The predicted octanol–water partition coefficient (Wildman–Crippen LogP) is 5.07. The number of fused-ring (bicyclic) bond motifs is 1. The van der Waals surface area contributed by atoms with E-state index in [4.69, 9.17) is 10.1 Å². The van der Waals surface area contributed by atoms with Gasteiger partial charge < -0.3 is 9.80 Å². The first-order valence-electron chi connectivity index (χ1n) is 11.5. The molecule has 3 heterocycles. The van der Waals surface area contributed by atoms with Crippen molar-refractivity contribution in [1.29, 1.82) is 0 Å². The third-order valence-corrected chi connectivity index (χ3v) is 7.54. The fourth-order valence-corrected chi connectivity index (χ4v) is 5.50. The molecule has 0 aliphatic carbocycles. The molecule has 1 aliphatic rings. The van der Waals surface area contributed by atoms with Gasteiger partial charge in [0, 0.05) is 31.7 Å². The summed E-state index contributed by atoms with van der Waals surface area (Å²) in [5.74, 6) is 0.129. The van der Waals surface area contributed by atoms with Crippen molar-refractivity contribution in [2.24, 2.45) is 0 Å². The molecule has 0 bridgehead atoms. The second-order valence-electron chi connectivity index (χ2n) is 8.93. The van der Waals surface area contributed by atoms with Crippen LogP contribution in [0.2, 0.25) is 0 Å². The number of thiazole rings is 1. The van der Waals surface area contributed by atoms with Crippen molar-refractivity contribution in [2.45, 2.75) is 34.1 Å². The Bertz CT molecular complexity index is 1320. The normalized spacial score (nSPS) is 14.7. The van der Waals surface area contributed by atoms with Gasteiger partial charge in [0.05, 0.1) is 16.1 Å². The average Bonchev–Trinajstić information content (AvgIpc) is 3.25. The van der Waals surface area contributed by atoms with Gasteiger partial charge in [0.25, 0.3) is 5.91 Å². The van der Waals surface area contributed by atoms with Crippen LogP contribution in [0.25, 0.3) is 16.0 Å². The minimum Gasteiger partial charge on any atom is -0.346 e. The van der Waals surface area contributed by atoms with E-state index in [1.165, 1.54) is 11.1 Å². The Morgan fingerprint density at radius 2 is 1.67 bits per heavy atom. The monoisotopic (exact) mass is 459 g/mol. The quantitative estimate of drug-likeness (QED) is 0.429. The molecule has 1 saturated heterocycles. The van der Waals surface area contributed by atoms with Gasteiger partial charge in [0.2, 0.25) is 0 Å². The van der Waals surface area contributed by atoms with Crippen LogP contribution in [-0.4, -0.2) is 51.8 Å². The molecular weight excluding hydrogens is 430 g/mol. The van der Waals surface area contributed by atoms with Gasteiger partial charge in [0.1, 0.15) is 0 Å². The van der Waals surface area contributed by atoms with E-state index in [0.717, 1.165) is 64.0 Å². The van der Waals surface area contributed by atoms with Crippen LogP contribution in [0.3, 0.4) is 0 Å². The third-order valence-electron chi connectivity index (χ3n) is 6.32. The lowest BCUT2D eigenvalue weighted by molar-refractivity contribution is 0.0766. The van der Waals surface area contributed by atoms with E-state index in [-0.39, 0.29) is 5.91 Å². The van der Waals surface area contributed by atoms with Crippen molar-refractivity contribution < 1.29 is 4.79 Å². The molecule has 0 unspecified atom stereocenters. The van der Waals surface area contributed by atoms with Gasteiger partial charge in [-0.15, -0.1) is 0 Å². The van der Waals surface area contributed by atoms with E-state index < -0.39 is 0 Å². The maximum Gasteiger partial charge on any atom is 0.254 e. The number of amides is 1. The minimum atomic E-state index is 0.129. The fourth-order valence-electron chi connectivity index (χ4n) is 4.46. The molecule has 2 aromatic carbocycles. The molecule has 1 amide bonds. The predicted molar refractivity (Wildman–Crippen MR) is 135 cm³/mol. The Hall–Kier alpha value is -3.19. The van der Waals surface area contributed by atoms with Crippen LogP contribution in [0.4, 0.5) is 5.13 Å². The van der Waals surface area contributed by atoms with Crippen LogP contribution in [-0.2, 0) is 0 Å². The van der Waals surface area contributed by atoms with Gasteiger partial charge in [-0.05, 0) is 57.9 Å². The number of benzene rings is 2. The molecule has 0 atom stereocenters. The second kappa shape index (κ2) is 8.63. The number of rotatable bonds is 3. The highest BCUT2D eigenvalue weighted by atomic mass is 32.1. The van der Waals surface area contributed by atoms with Crippen LogP contribution in [0, 0.1) is 27.7 Å². The zero-order valence-corrected chi connectivity index (χ0v) is 20.4. The molecule has 33 heavy (non-hydrogen) atoms. The number of aromatic nitrogens is 3. The second-order valence-corrected chi connectivity index (χ2v) is 9.91. The Morgan fingerprint density at radius 3 is 2.42 bits per heavy atom. The number of hydrogen-bond donors (Lipinski definition) is 0. The highest BCUT2D eigenvalue weighted by molar-refractivity contribution is 7.22. The first kappa shape index (κ1) is 21.6. The fraction of sp³-hybridized carbons (Fsp3) is 0.346. The topological polar surface area (TPSA) is 54.3 Å². The van der Waals surface area contributed by atoms with Crippen LogP contribution < -0.4 is 4.90 Å². The molecule has 6 nitrogen and oxygen atoms in total. The first-order chi connectivity index (χ1) is 15.9. The summed E-state index contributed by atoms with van der Waals surface area (Å²) < 4.78 is 3.07. The largest absolute Gasteiger partial charge is 0.346 e. The Labute approximate surface area is 198 Å². The molecule has 7 heteroatoms. The maximum atomic E-state index is 13.2. The lowest BCUT2D eigenvalue weighted by atomic mass is 10.0. The standard InChI is InChI=1S/C26H29N5OS/c1-17-6-9-21(10-7-17)31-24-23(20(4)28-31)33-26(27-24)30-13-5-12-29(14-15-30)25(32)22-11-8-18(2)16-19(22)3/h6-11,16H,5,12-15H2,1-4H3. The van der Waals surface area contributed by atoms with Crippen LogP contribution >= 0.6 is 11.3 Å². The SMILES string of the molecule is Cc1ccc(-n2nc(C)c3sc(N4CCCN(C(=O)c5ccc(C)cc5C)CC4)nc32)cc1. The van der Waals surface area contributed by atoms with Gasteiger partial charge in [0.15, 0.2) is 10.8 Å². The molecule has 1 aliphatic heterocycles. The third kappa shape index (κ3) is 4.13. The molecule has 0 radical (unpaired) electrons. The molecule has 0 saturated carbocycles. The van der Waals surface area contributed by atoms with Gasteiger partial charge in [-0.1, -0.05) is 46.7 Å².